The van der Waals surface area contributed by atoms with Gasteiger partial charge in [-0.3, -0.25) is 0 Å². The van der Waals surface area contributed by atoms with Gasteiger partial charge in [-0.25, -0.2) is 9.78 Å². The number of nitrogens with zero attached hydrogens (tertiary/aromatic N) is 2. The molecule has 1 atom stereocenters. The number of aromatic nitrogens is 1. The Balaban J connectivity index is 1.93. The SMILES string of the molecule is CCOC(=O)c1cccc(-c2ccc(C#N)cc2OCC2CO2)n1. The Kier molecular flexibility index (Phi) is 4.73. The number of ether oxygens (including phenoxy) is 3. The molecule has 0 saturated carbocycles. The van der Waals surface area contributed by atoms with E-state index >= 15 is 0 Å². The van der Waals surface area contributed by atoms with Gasteiger partial charge in [-0.2, -0.15) is 5.26 Å². The quantitative estimate of drug-likeness (QED) is 0.600. The Hall–Kier alpha value is -2.91. The summed E-state index contributed by atoms with van der Waals surface area (Å²) in [5.74, 6) is 0.0694. The summed E-state index contributed by atoms with van der Waals surface area (Å²) < 4.78 is 15.9. The number of nitriles is 1. The van der Waals surface area contributed by atoms with Crippen LogP contribution in [-0.2, 0) is 9.47 Å². The van der Waals surface area contributed by atoms with Gasteiger partial charge in [0.2, 0.25) is 0 Å². The predicted molar refractivity (Wildman–Crippen MR) is 85.6 cm³/mol. The number of rotatable bonds is 6. The first-order chi connectivity index (χ1) is 11.7. The van der Waals surface area contributed by atoms with Crippen molar-refractivity contribution in [1.29, 1.82) is 5.26 Å². The third-order valence-corrected chi connectivity index (χ3v) is 3.45. The molecular formula is C18H16N2O4. The van der Waals surface area contributed by atoms with E-state index in [-0.39, 0.29) is 18.4 Å². The highest BCUT2D eigenvalue weighted by molar-refractivity contribution is 5.88. The number of esters is 1. The maximum Gasteiger partial charge on any atom is 0.356 e. The van der Waals surface area contributed by atoms with Crippen molar-refractivity contribution in [2.75, 3.05) is 19.8 Å². The zero-order valence-electron chi connectivity index (χ0n) is 13.2. The summed E-state index contributed by atoms with van der Waals surface area (Å²) in [5, 5.41) is 9.08. The second-order valence-corrected chi connectivity index (χ2v) is 5.22. The van der Waals surface area contributed by atoms with Gasteiger partial charge >= 0.3 is 5.97 Å². The molecule has 6 nitrogen and oxygen atoms in total. The Morgan fingerprint density at radius 1 is 1.42 bits per heavy atom. The zero-order chi connectivity index (χ0) is 16.9. The zero-order valence-corrected chi connectivity index (χ0v) is 13.2. The molecule has 1 aliphatic heterocycles. The van der Waals surface area contributed by atoms with E-state index in [1.165, 1.54) is 0 Å². The largest absolute Gasteiger partial charge is 0.490 e. The number of epoxide rings is 1. The van der Waals surface area contributed by atoms with Crippen LogP contribution in [0, 0.1) is 11.3 Å². The Morgan fingerprint density at radius 2 is 2.25 bits per heavy atom. The predicted octanol–water partition coefficient (Wildman–Crippen LogP) is 2.57. The summed E-state index contributed by atoms with van der Waals surface area (Å²) in [6.07, 6.45) is 0.0995. The minimum atomic E-state index is -0.471. The Labute approximate surface area is 139 Å². The molecule has 0 amide bonds. The van der Waals surface area contributed by atoms with Crippen LogP contribution in [0.5, 0.6) is 5.75 Å². The van der Waals surface area contributed by atoms with Crippen molar-refractivity contribution in [2.45, 2.75) is 13.0 Å². The van der Waals surface area contributed by atoms with Crippen LogP contribution in [0.3, 0.4) is 0 Å². The van der Waals surface area contributed by atoms with Gasteiger partial charge in [0, 0.05) is 5.56 Å². The molecule has 1 fully saturated rings. The molecule has 2 aromatic rings. The highest BCUT2D eigenvalue weighted by Crippen LogP contribution is 2.30. The highest BCUT2D eigenvalue weighted by Gasteiger charge is 2.24. The minimum Gasteiger partial charge on any atom is -0.490 e. The van der Waals surface area contributed by atoms with E-state index in [0.29, 0.717) is 35.8 Å². The van der Waals surface area contributed by atoms with Crippen LogP contribution in [-0.4, -0.2) is 36.9 Å². The normalized spacial score (nSPS) is 15.4. The van der Waals surface area contributed by atoms with Gasteiger partial charge in [-0.15, -0.1) is 0 Å². The summed E-state index contributed by atoms with van der Waals surface area (Å²) in [5.41, 5.74) is 2.01. The second-order valence-electron chi connectivity index (χ2n) is 5.22. The number of benzene rings is 1. The first-order valence-corrected chi connectivity index (χ1v) is 7.64. The lowest BCUT2D eigenvalue weighted by atomic mass is 10.1. The van der Waals surface area contributed by atoms with E-state index in [1.807, 2.05) is 0 Å². The van der Waals surface area contributed by atoms with E-state index in [1.54, 1.807) is 43.3 Å². The summed E-state index contributed by atoms with van der Waals surface area (Å²) in [4.78, 5) is 16.2. The van der Waals surface area contributed by atoms with Crippen molar-refractivity contribution in [1.82, 2.24) is 4.98 Å². The molecular weight excluding hydrogens is 308 g/mol. The molecule has 1 aliphatic rings. The number of carbonyl (C=O) groups excluding carboxylic acids is 1. The lowest BCUT2D eigenvalue weighted by Gasteiger charge is -2.11. The molecule has 3 rings (SSSR count). The fourth-order valence-corrected chi connectivity index (χ4v) is 2.17. The van der Waals surface area contributed by atoms with Crippen LogP contribution in [0.2, 0.25) is 0 Å². The standard InChI is InChI=1S/C18H16N2O4/c1-2-22-18(21)16-5-3-4-15(20-16)14-7-6-12(9-19)8-17(14)24-11-13-10-23-13/h3-8,13H,2,10-11H2,1H3. The Bertz CT molecular complexity index is 794. The second kappa shape index (κ2) is 7.11. The lowest BCUT2D eigenvalue weighted by Crippen LogP contribution is -2.08. The summed E-state index contributed by atoms with van der Waals surface area (Å²) in [7, 11) is 0. The van der Waals surface area contributed by atoms with E-state index in [2.05, 4.69) is 11.1 Å². The van der Waals surface area contributed by atoms with Crippen molar-refractivity contribution < 1.29 is 19.0 Å². The van der Waals surface area contributed by atoms with Crippen LogP contribution in [0.15, 0.2) is 36.4 Å². The smallest absolute Gasteiger partial charge is 0.356 e. The average molecular weight is 324 g/mol. The average Bonchev–Trinajstić information content (AvgIpc) is 3.44. The lowest BCUT2D eigenvalue weighted by molar-refractivity contribution is 0.0519. The molecule has 0 spiro atoms. The van der Waals surface area contributed by atoms with Gasteiger partial charge in [0.25, 0.3) is 0 Å². The van der Waals surface area contributed by atoms with Gasteiger partial charge in [-0.05, 0) is 37.3 Å². The van der Waals surface area contributed by atoms with E-state index in [4.69, 9.17) is 19.5 Å². The van der Waals surface area contributed by atoms with E-state index < -0.39 is 5.97 Å². The third kappa shape index (κ3) is 3.70. The number of carbonyl (C=O) groups is 1. The molecule has 1 aromatic heterocycles. The molecule has 1 aromatic carbocycles. The first-order valence-electron chi connectivity index (χ1n) is 7.64. The van der Waals surface area contributed by atoms with Crippen LogP contribution in [0.1, 0.15) is 23.0 Å². The minimum absolute atomic E-state index is 0.0995. The number of hydrogen-bond acceptors (Lipinski definition) is 6. The van der Waals surface area contributed by atoms with Crippen molar-refractivity contribution in [3.05, 3.63) is 47.7 Å². The van der Waals surface area contributed by atoms with Crippen molar-refractivity contribution in [2.24, 2.45) is 0 Å². The molecule has 0 N–H and O–H groups in total. The van der Waals surface area contributed by atoms with Crippen LogP contribution < -0.4 is 4.74 Å². The maximum absolute atomic E-state index is 11.9. The molecule has 122 valence electrons. The molecule has 0 bridgehead atoms. The van der Waals surface area contributed by atoms with Crippen molar-refractivity contribution in [3.63, 3.8) is 0 Å². The van der Waals surface area contributed by atoms with Gasteiger partial charge < -0.3 is 14.2 Å². The maximum atomic E-state index is 11.9. The summed E-state index contributed by atoms with van der Waals surface area (Å²) in [6, 6.07) is 12.3. The van der Waals surface area contributed by atoms with Crippen LogP contribution in [0.25, 0.3) is 11.3 Å². The number of pyridine rings is 1. The van der Waals surface area contributed by atoms with Crippen molar-refractivity contribution >= 4 is 5.97 Å². The van der Waals surface area contributed by atoms with Gasteiger partial charge in [0.1, 0.15) is 24.2 Å². The number of hydrogen-bond donors (Lipinski definition) is 0. The Morgan fingerprint density at radius 3 is 2.96 bits per heavy atom. The summed E-state index contributed by atoms with van der Waals surface area (Å²) >= 11 is 0. The van der Waals surface area contributed by atoms with Crippen LogP contribution in [0.4, 0.5) is 0 Å². The topological polar surface area (TPSA) is 84.7 Å². The molecule has 24 heavy (non-hydrogen) atoms. The van der Waals surface area contributed by atoms with E-state index in [9.17, 15) is 4.79 Å². The molecule has 0 aliphatic carbocycles. The van der Waals surface area contributed by atoms with Gasteiger partial charge in [-0.1, -0.05) is 6.07 Å². The van der Waals surface area contributed by atoms with E-state index in [0.717, 1.165) is 0 Å². The molecule has 0 radical (unpaired) electrons. The molecule has 6 heteroatoms. The van der Waals surface area contributed by atoms with Crippen LogP contribution >= 0.6 is 0 Å². The monoisotopic (exact) mass is 324 g/mol. The third-order valence-electron chi connectivity index (χ3n) is 3.45. The van der Waals surface area contributed by atoms with Gasteiger partial charge in [0.05, 0.1) is 30.5 Å². The first kappa shape index (κ1) is 16.0. The molecule has 1 unspecified atom stereocenters. The fraction of sp³-hybridized carbons (Fsp3) is 0.278. The summed E-state index contributed by atoms with van der Waals surface area (Å²) in [6.45, 7) is 3.13. The molecule has 1 saturated heterocycles. The van der Waals surface area contributed by atoms with Crippen molar-refractivity contribution in [3.8, 4) is 23.1 Å². The van der Waals surface area contributed by atoms with Gasteiger partial charge in [0.15, 0.2) is 0 Å². The highest BCUT2D eigenvalue weighted by atomic mass is 16.6. The fourth-order valence-electron chi connectivity index (χ4n) is 2.17. The molecule has 2 heterocycles.